The van der Waals surface area contributed by atoms with Gasteiger partial charge in [0.25, 0.3) is 0 Å². The van der Waals surface area contributed by atoms with Gasteiger partial charge in [-0.3, -0.25) is 0 Å². The zero-order valence-electron chi connectivity index (χ0n) is 12.2. The van der Waals surface area contributed by atoms with E-state index < -0.39 is 0 Å². The smallest absolute Gasteiger partial charge is 0.140 e. The topological polar surface area (TPSA) is 42.7 Å². The highest BCUT2D eigenvalue weighted by atomic mass is 35.5. The van der Waals surface area contributed by atoms with E-state index in [2.05, 4.69) is 36.2 Å². The summed E-state index contributed by atoms with van der Waals surface area (Å²) in [5, 5.41) is 8.50. The Balaban J connectivity index is 1.99. The molecule has 0 aliphatic rings. The fourth-order valence-corrected chi connectivity index (χ4v) is 2.40. The molecular formula is C15H21ClN4. The summed E-state index contributed by atoms with van der Waals surface area (Å²) < 4.78 is 1.96. The van der Waals surface area contributed by atoms with Crippen LogP contribution in [0.3, 0.4) is 0 Å². The Morgan fingerprint density at radius 1 is 1.25 bits per heavy atom. The number of aromatic nitrogens is 3. The molecule has 2 rings (SSSR count). The van der Waals surface area contributed by atoms with Crippen LogP contribution < -0.4 is 5.32 Å². The molecule has 1 aromatic heterocycles. The van der Waals surface area contributed by atoms with Crippen LogP contribution in [0.1, 0.15) is 38.2 Å². The predicted molar refractivity (Wildman–Crippen MR) is 81.6 cm³/mol. The van der Waals surface area contributed by atoms with Crippen LogP contribution in [0, 0.1) is 5.92 Å². The second-order valence-corrected chi connectivity index (χ2v) is 5.78. The van der Waals surface area contributed by atoms with E-state index >= 15 is 0 Å². The number of rotatable bonds is 6. The first-order chi connectivity index (χ1) is 9.58. The van der Waals surface area contributed by atoms with Crippen LogP contribution in [0.5, 0.6) is 0 Å². The maximum atomic E-state index is 6.21. The Labute approximate surface area is 125 Å². The normalized spacial score (nSPS) is 12.8. The van der Waals surface area contributed by atoms with Crippen molar-refractivity contribution in [2.24, 2.45) is 5.92 Å². The fourth-order valence-electron chi connectivity index (χ4n) is 2.10. The fraction of sp³-hybridized carbons (Fsp3) is 0.467. The third-order valence-electron chi connectivity index (χ3n) is 3.17. The number of halogens is 1. The van der Waals surface area contributed by atoms with Crippen molar-refractivity contribution in [3.05, 3.63) is 47.0 Å². The molecule has 0 fully saturated rings. The molecule has 20 heavy (non-hydrogen) atoms. The van der Waals surface area contributed by atoms with Gasteiger partial charge >= 0.3 is 0 Å². The van der Waals surface area contributed by atoms with Gasteiger partial charge in [-0.1, -0.05) is 43.6 Å². The molecule has 4 nitrogen and oxygen atoms in total. The molecule has 1 heterocycles. The first-order valence-electron chi connectivity index (χ1n) is 6.92. The number of benzene rings is 1. The molecule has 108 valence electrons. The lowest BCUT2D eigenvalue weighted by Crippen LogP contribution is -2.22. The summed E-state index contributed by atoms with van der Waals surface area (Å²) in [5.41, 5.74) is 1.10. The molecule has 1 atom stereocenters. The molecule has 2 aromatic rings. The predicted octanol–water partition coefficient (Wildman–Crippen LogP) is 3.44. The minimum Gasteiger partial charge on any atom is -0.303 e. The molecule has 0 radical (unpaired) electrons. The molecule has 0 bridgehead atoms. The Kier molecular flexibility index (Phi) is 5.15. The lowest BCUT2D eigenvalue weighted by Gasteiger charge is -2.16. The molecule has 1 aromatic carbocycles. The molecule has 0 spiro atoms. The number of nitrogens with zero attached hydrogens (tertiary/aromatic N) is 3. The summed E-state index contributed by atoms with van der Waals surface area (Å²) in [6, 6.07) is 8.07. The average Bonchev–Trinajstić information content (AvgIpc) is 2.83. The van der Waals surface area contributed by atoms with E-state index in [4.69, 9.17) is 11.6 Å². The Morgan fingerprint density at radius 3 is 2.70 bits per heavy atom. The maximum Gasteiger partial charge on any atom is 0.140 e. The van der Waals surface area contributed by atoms with Crippen molar-refractivity contribution in [1.82, 2.24) is 20.1 Å². The van der Waals surface area contributed by atoms with Gasteiger partial charge in [-0.2, -0.15) is 5.10 Å². The van der Waals surface area contributed by atoms with Gasteiger partial charge in [-0.15, -0.1) is 0 Å². The van der Waals surface area contributed by atoms with Crippen molar-refractivity contribution in [3.8, 4) is 0 Å². The van der Waals surface area contributed by atoms with Crippen LogP contribution in [0.25, 0.3) is 0 Å². The van der Waals surface area contributed by atoms with Crippen LogP contribution in [0.4, 0.5) is 0 Å². The largest absolute Gasteiger partial charge is 0.303 e. The summed E-state index contributed by atoms with van der Waals surface area (Å²) in [4.78, 5) is 4.31. The Hall–Kier alpha value is -1.39. The Bertz CT molecular complexity index is 550. The molecule has 0 saturated carbocycles. The zero-order valence-corrected chi connectivity index (χ0v) is 12.9. The number of hydrogen-bond donors (Lipinski definition) is 1. The number of nitrogens with one attached hydrogen (secondary N) is 1. The van der Waals surface area contributed by atoms with Crippen molar-refractivity contribution in [1.29, 1.82) is 0 Å². The second kappa shape index (κ2) is 6.86. The van der Waals surface area contributed by atoms with Crippen LogP contribution in [0.15, 0.2) is 30.6 Å². The van der Waals surface area contributed by atoms with Gasteiger partial charge in [0.1, 0.15) is 12.2 Å². The van der Waals surface area contributed by atoms with Crippen LogP contribution in [-0.2, 0) is 13.1 Å². The summed E-state index contributed by atoms with van der Waals surface area (Å²) >= 11 is 6.21. The lowest BCUT2D eigenvalue weighted by molar-refractivity contribution is 0.449. The molecule has 1 N–H and O–H groups in total. The van der Waals surface area contributed by atoms with Crippen molar-refractivity contribution in [2.45, 2.75) is 39.9 Å². The van der Waals surface area contributed by atoms with E-state index in [9.17, 15) is 0 Å². The van der Waals surface area contributed by atoms with Gasteiger partial charge < -0.3 is 5.32 Å². The van der Waals surface area contributed by atoms with Gasteiger partial charge in [0.05, 0.1) is 6.54 Å². The van der Waals surface area contributed by atoms with Crippen LogP contribution in [-0.4, -0.2) is 14.8 Å². The van der Waals surface area contributed by atoms with Gasteiger partial charge in [0, 0.05) is 17.6 Å². The standard InChI is InChI=1S/C15H21ClN4/c1-11(2)9-20-15(18-10-19-20)8-17-12(3)13-6-4-5-7-14(13)16/h4-7,10-12,17H,8-9H2,1-3H3/t12-/m0/s1. The van der Waals surface area contributed by atoms with Crippen molar-refractivity contribution in [3.63, 3.8) is 0 Å². The van der Waals surface area contributed by atoms with E-state index in [0.717, 1.165) is 23.0 Å². The van der Waals surface area contributed by atoms with Crippen molar-refractivity contribution in [2.75, 3.05) is 0 Å². The Morgan fingerprint density at radius 2 is 2.00 bits per heavy atom. The first-order valence-corrected chi connectivity index (χ1v) is 7.30. The number of hydrogen-bond acceptors (Lipinski definition) is 3. The van der Waals surface area contributed by atoms with Gasteiger partial charge in [0.2, 0.25) is 0 Å². The first kappa shape index (κ1) is 15.0. The summed E-state index contributed by atoms with van der Waals surface area (Å²) in [5.74, 6) is 1.51. The highest BCUT2D eigenvalue weighted by molar-refractivity contribution is 6.31. The quantitative estimate of drug-likeness (QED) is 0.887. The van der Waals surface area contributed by atoms with E-state index in [0.29, 0.717) is 12.5 Å². The molecule has 0 aliphatic heterocycles. The van der Waals surface area contributed by atoms with E-state index in [1.54, 1.807) is 6.33 Å². The van der Waals surface area contributed by atoms with Crippen molar-refractivity contribution >= 4 is 11.6 Å². The summed E-state index contributed by atoms with van der Waals surface area (Å²) in [6.07, 6.45) is 1.61. The van der Waals surface area contributed by atoms with Crippen LogP contribution in [0.2, 0.25) is 5.02 Å². The van der Waals surface area contributed by atoms with E-state index in [1.165, 1.54) is 0 Å². The minimum absolute atomic E-state index is 0.174. The van der Waals surface area contributed by atoms with Crippen molar-refractivity contribution < 1.29 is 0 Å². The van der Waals surface area contributed by atoms with E-state index in [1.807, 2.05) is 28.9 Å². The molecule has 0 saturated heterocycles. The van der Waals surface area contributed by atoms with Crippen LogP contribution >= 0.6 is 11.6 Å². The minimum atomic E-state index is 0.174. The SMILES string of the molecule is CC(C)Cn1ncnc1CN[C@@H](C)c1ccccc1Cl. The second-order valence-electron chi connectivity index (χ2n) is 5.38. The molecule has 5 heteroatoms. The lowest BCUT2D eigenvalue weighted by atomic mass is 10.1. The van der Waals surface area contributed by atoms with Gasteiger partial charge in [0.15, 0.2) is 0 Å². The third-order valence-corrected chi connectivity index (χ3v) is 3.52. The average molecular weight is 293 g/mol. The third kappa shape index (κ3) is 3.81. The van der Waals surface area contributed by atoms with E-state index in [-0.39, 0.29) is 6.04 Å². The maximum absolute atomic E-state index is 6.21. The molecule has 0 unspecified atom stereocenters. The van der Waals surface area contributed by atoms with Gasteiger partial charge in [-0.25, -0.2) is 9.67 Å². The highest BCUT2D eigenvalue weighted by Gasteiger charge is 2.11. The summed E-state index contributed by atoms with van der Waals surface area (Å²) in [6.45, 7) is 8.01. The summed E-state index contributed by atoms with van der Waals surface area (Å²) in [7, 11) is 0. The zero-order chi connectivity index (χ0) is 14.5. The highest BCUT2D eigenvalue weighted by Crippen LogP contribution is 2.22. The molecule has 0 aliphatic carbocycles. The molecular weight excluding hydrogens is 272 g/mol. The van der Waals surface area contributed by atoms with Gasteiger partial charge in [-0.05, 0) is 24.5 Å². The molecule has 0 amide bonds. The monoisotopic (exact) mass is 292 g/mol.